The molecule has 0 saturated carbocycles. The van der Waals surface area contributed by atoms with Crippen molar-refractivity contribution < 1.29 is 9.53 Å². The first-order chi connectivity index (χ1) is 16.2. The number of para-hydroxylation sites is 1. The third-order valence-corrected chi connectivity index (χ3v) is 5.73. The summed E-state index contributed by atoms with van der Waals surface area (Å²) in [5.74, 6) is 1.19. The van der Waals surface area contributed by atoms with Gasteiger partial charge in [-0.3, -0.25) is 14.6 Å². The van der Waals surface area contributed by atoms with Crippen molar-refractivity contribution in [2.45, 2.75) is 0 Å². The van der Waals surface area contributed by atoms with Gasteiger partial charge in [0, 0.05) is 37.7 Å². The van der Waals surface area contributed by atoms with E-state index in [-0.39, 0.29) is 5.91 Å². The number of hydrogen-bond donors (Lipinski definition) is 1. The zero-order chi connectivity index (χ0) is 22.9. The Bertz CT molecular complexity index is 1070. The summed E-state index contributed by atoms with van der Waals surface area (Å²) in [6.45, 7) is 4.84. The van der Waals surface area contributed by atoms with E-state index in [9.17, 15) is 4.79 Å². The first-order valence-corrected chi connectivity index (χ1v) is 11.5. The molecule has 170 valence electrons. The summed E-state index contributed by atoms with van der Waals surface area (Å²) in [5, 5.41) is 3.51. The molecule has 33 heavy (non-hydrogen) atoms. The van der Waals surface area contributed by atoms with E-state index in [0.29, 0.717) is 28.8 Å². The molecule has 4 rings (SSSR count). The molecule has 1 amide bonds. The van der Waals surface area contributed by atoms with Crippen LogP contribution in [-0.4, -0.2) is 55.0 Å². The van der Waals surface area contributed by atoms with Crippen molar-refractivity contribution in [2.24, 2.45) is 0 Å². The van der Waals surface area contributed by atoms with E-state index >= 15 is 0 Å². The molecule has 3 aromatic rings. The average molecular weight is 462 g/mol. The maximum absolute atomic E-state index is 12.7. The molecule has 1 aliphatic rings. The van der Waals surface area contributed by atoms with E-state index in [4.69, 9.17) is 16.3 Å². The molecule has 1 aliphatic heterocycles. The van der Waals surface area contributed by atoms with Gasteiger partial charge in [0.05, 0.1) is 12.2 Å². The van der Waals surface area contributed by atoms with E-state index in [1.54, 1.807) is 18.2 Å². The van der Waals surface area contributed by atoms with Crippen LogP contribution >= 0.6 is 11.6 Å². The van der Waals surface area contributed by atoms with Gasteiger partial charge in [-0.1, -0.05) is 72.3 Å². The van der Waals surface area contributed by atoms with E-state index in [2.05, 4.69) is 39.4 Å². The van der Waals surface area contributed by atoms with Crippen LogP contribution in [0, 0.1) is 0 Å². The highest BCUT2D eigenvalue weighted by Gasteiger charge is 2.19. The fraction of sp³-hybridized carbons (Fsp3) is 0.222. The van der Waals surface area contributed by atoms with Crippen LogP contribution in [0.25, 0.3) is 6.08 Å². The van der Waals surface area contributed by atoms with Gasteiger partial charge in [0.15, 0.2) is 5.75 Å². The first-order valence-electron chi connectivity index (χ1n) is 11.1. The minimum atomic E-state index is -0.0763. The maximum atomic E-state index is 12.7. The largest absolute Gasteiger partial charge is 0.455 e. The second kappa shape index (κ2) is 11.7. The van der Waals surface area contributed by atoms with E-state index in [0.717, 1.165) is 32.7 Å². The lowest BCUT2D eigenvalue weighted by Crippen LogP contribution is -2.48. The normalized spacial score (nSPS) is 14.9. The molecule has 1 heterocycles. The topological polar surface area (TPSA) is 44.8 Å². The second-order valence-electron chi connectivity index (χ2n) is 7.99. The highest BCUT2D eigenvalue weighted by atomic mass is 35.5. The molecular formula is C27H28ClN3O2. The molecular weight excluding hydrogens is 434 g/mol. The number of benzene rings is 3. The summed E-state index contributed by atoms with van der Waals surface area (Å²) < 4.78 is 5.94. The van der Waals surface area contributed by atoms with Crippen LogP contribution in [0.3, 0.4) is 0 Å². The molecule has 1 N–H and O–H groups in total. The van der Waals surface area contributed by atoms with Crippen LogP contribution in [0.5, 0.6) is 11.5 Å². The summed E-state index contributed by atoms with van der Waals surface area (Å²) in [5.41, 5.74) is 1.78. The monoisotopic (exact) mass is 461 g/mol. The number of nitrogens with zero attached hydrogens (tertiary/aromatic N) is 2. The van der Waals surface area contributed by atoms with Gasteiger partial charge in [0.1, 0.15) is 5.75 Å². The molecule has 6 heteroatoms. The van der Waals surface area contributed by atoms with Crippen LogP contribution in [0.15, 0.2) is 84.9 Å². The number of carbonyl (C=O) groups excluding carboxylic acids is 1. The van der Waals surface area contributed by atoms with Gasteiger partial charge < -0.3 is 10.1 Å². The zero-order valence-corrected chi connectivity index (χ0v) is 19.2. The van der Waals surface area contributed by atoms with Crippen LogP contribution in [-0.2, 0) is 4.79 Å². The van der Waals surface area contributed by atoms with Crippen LogP contribution in [0.1, 0.15) is 5.56 Å². The number of piperazine rings is 1. The quantitative estimate of drug-likeness (QED) is 0.487. The Morgan fingerprint density at radius 3 is 2.30 bits per heavy atom. The standard InChI is InChI=1S/C27H28ClN3O2/c28-23-13-14-26(33-24-11-5-2-6-12-24)25(20-23)29-27(32)21-31-18-16-30(17-19-31)15-7-10-22-8-3-1-4-9-22/h1-14,20H,15-19,21H2,(H,29,32). The third-order valence-electron chi connectivity index (χ3n) is 5.49. The minimum absolute atomic E-state index is 0.0763. The molecule has 1 fully saturated rings. The van der Waals surface area contributed by atoms with Gasteiger partial charge in [-0.05, 0) is 35.9 Å². The van der Waals surface area contributed by atoms with Crippen molar-refractivity contribution in [1.29, 1.82) is 0 Å². The van der Waals surface area contributed by atoms with Crippen molar-refractivity contribution in [3.8, 4) is 11.5 Å². The summed E-state index contributed by atoms with van der Waals surface area (Å²) in [4.78, 5) is 17.3. The number of carbonyl (C=O) groups is 1. The predicted molar refractivity (Wildman–Crippen MR) is 135 cm³/mol. The number of hydrogen-bond acceptors (Lipinski definition) is 4. The van der Waals surface area contributed by atoms with Crippen molar-refractivity contribution in [3.63, 3.8) is 0 Å². The summed E-state index contributed by atoms with van der Waals surface area (Å²) in [6, 6.07) is 25.0. The fourth-order valence-corrected chi connectivity index (χ4v) is 3.90. The molecule has 0 bridgehead atoms. The molecule has 0 radical (unpaired) electrons. The van der Waals surface area contributed by atoms with E-state index in [1.807, 2.05) is 48.5 Å². The molecule has 0 aliphatic carbocycles. The number of rotatable bonds is 8. The van der Waals surface area contributed by atoms with Crippen molar-refractivity contribution in [1.82, 2.24) is 9.80 Å². The lowest BCUT2D eigenvalue weighted by atomic mass is 10.2. The average Bonchev–Trinajstić information content (AvgIpc) is 2.83. The van der Waals surface area contributed by atoms with Crippen LogP contribution in [0.2, 0.25) is 5.02 Å². The summed E-state index contributed by atoms with van der Waals surface area (Å²) in [7, 11) is 0. The molecule has 0 aromatic heterocycles. The van der Waals surface area contributed by atoms with Crippen LogP contribution in [0.4, 0.5) is 5.69 Å². The molecule has 3 aromatic carbocycles. The van der Waals surface area contributed by atoms with Gasteiger partial charge >= 0.3 is 0 Å². The highest BCUT2D eigenvalue weighted by molar-refractivity contribution is 6.31. The number of amides is 1. The molecule has 1 saturated heterocycles. The van der Waals surface area contributed by atoms with Gasteiger partial charge in [0.25, 0.3) is 0 Å². The van der Waals surface area contributed by atoms with Gasteiger partial charge in [-0.25, -0.2) is 0 Å². The second-order valence-corrected chi connectivity index (χ2v) is 8.43. The lowest BCUT2D eigenvalue weighted by Gasteiger charge is -2.33. The van der Waals surface area contributed by atoms with Gasteiger partial charge in [-0.2, -0.15) is 0 Å². The minimum Gasteiger partial charge on any atom is -0.455 e. The SMILES string of the molecule is O=C(CN1CCN(CC=Cc2ccccc2)CC1)Nc1cc(Cl)ccc1Oc1ccccc1. The van der Waals surface area contributed by atoms with Crippen molar-refractivity contribution >= 4 is 29.3 Å². The highest BCUT2D eigenvalue weighted by Crippen LogP contribution is 2.32. The summed E-state index contributed by atoms with van der Waals surface area (Å²) in [6.07, 6.45) is 4.35. The van der Waals surface area contributed by atoms with E-state index in [1.165, 1.54) is 5.56 Å². The Morgan fingerprint density at radius 1 is 0.909 bits per heavy atom. The fourth-order valence-electron chi connectivity index (χ4n) is 3.73. The van der Waals surface area contributed by atoms with Gasteiger partial charge in [-0.15, -0.1) is 0 Å². The number of anilines is 1. The Morgan fingerprint density at radius 2 is 1.58 bits per heavy atom. The Balaban J connectivity index is 1.26. The zero-order valence-electron chi connectivity index (χ0n) is 18.5. The smallest absolute Gasteiger partial charge is 0.238 e. The predicted octanol–water partition coefficient (Wildman–Crippen LogP) is 5.40. The van der Waals surface area contributed by atoms with Gasteiger partial charge in [0.2, 0.25) is 5.91 Å². The molecule has 0 spiro atoms. The molecule has 0 atom stereocenters. The maximum Gasteiger partial charge on any atom is 0.238 e. The Labute approximate surface area is 200 Å². The lowest BCUT2D eigenvalue weighted by molar-refractivity contribution is -0.117. The Kier molecular flexibility index (Phi) is 8.14. The molecule has 5 nitrogen and oxygen atoms in total. The van der Waals surface area contributed by atoms with Crippen molar-refractivity contribution in [2.75, 3.05) is 44.6 Å². The summed E-state index contributed by atoms with van der Waals surface area (Å²) >= 11 is 6.16. The van der Waals surface area contributed by atoms with Crippen LogP contribution < -0.4 is 10.1 Å². The van der Waals surface area contributed by atoms with Crippen molar-refractivity contribution in [3.05, 3.63) is 95.5 Å². The molecule has 0 unspecified atom stereocenters. The third kappa shape index (κ3) is 7.19. The van der Waals surface area contributed by atoms with E-state index < -0.39 is 0 Å². The first kappa shape index (κ1) is 23.1. The number of nitrogens with one attached hydrogen (secondary N) is 1. The number of halogens is 1. The number of ether oxygens (including phenoxy) is 1. The Hall–Kier alpha value is -3.12.